The normalized spacial score (nSPS) is 11.2. The molecule has 0 unspecified atom stereocenters. The lowest BCUT2D eigenvalue weighted by Crippen LogP contribution is -2.15. The van der Waals surface area contributed by atoms with Crippen LogP contribution >= 0.6 is 11.6 Å². The zero-order valence-corrected chi connectivity index (χ0v) is 12.8. The minimum Gasteiger partial charge on any atom is -0.406 e. The van der Waals surface area contributed by atoms with Gasteiger partial charge in [-0.2, -0.15) is 0 Å². The van der Waals surface area contributed by atoms with E-state index in [4.69, 9.17) is 16.0 Å². The highest BCUT2D eigenvalue weighted by Crippen LogP contribution is 2.18. The Bertz CT molecular complexity index is 1100. The van der Waals surface area contributed by atoms with Crippen LogP contribution in [0, 0.1) is 5.82 Å². The topological polar surface area (TPSA) is 78.7 Å². The first kappa shape index (κ1) is 14.6. The molecule has 0 bridgehead atoms. The van der Waals surface area contributed by atoms with Gasteiger partial charge in [0.05, 0.1) is 23.5 Å². The van der Waals surface area contributed by atoms with Crippen LogP contribution in [-0.4, -0.2) is 24.5 Å². The molecule has 0 atom stereocenters. The Morgan fingerprint density at radius 3 is 3.00 bits per heavy atom. The maximum atomic E-state index is 13.2. The molecule has 0 saturated heterocycles. The second-order valence-corrected chi connectivity index (χ2v) is 5.44. The average molecular weight is 346 g/mol. The minimum absolute atomic E-state index is 0.00852. The van der Waals surface area contributed by atoms with E-state index in [1.807, 2.05) is 0 Å². The van der Waals surface area contributed by atoms with E-state index in [1.165, 1.54) is 27.4 Å². The number of fused-ring (bicyclic) bond motifs is 1. The zero-order valence-electron chi connectivity index (χ0n) is 12.1. The maximum Gasteiger partial charge on any atom is 0.421 e. The molecule has 4 rings (SSSR count). The average Bonchev–Trinajstić information content (AvgIpc) is 3.16. The predicted molar refractivity (Wildman–Crippen MR) is 83.7 cm³/mol. The van der Waals surface area contributed by atoms with E-state index < -0.39 is 11.6 Å². The molecule has 4 aromatic rings. The molecule has 3 heterocycles. The van der Waals surface area contributed by atoms with Crippen molar-refractivity contribution in [3.63, 3.8) is 0 Å². The van der Waals surface area contributed by atoms with Gasteiger partial charge < -0.3 is 4.42 Å². The van der Waals surface area contributed by atoms with E-state index in [2.05, 4.69) is 15.3 Å². The fourth-order valence-electron chi connectivity index (χ4n) is 2.33. The number of hydrogen-bond donors (Lipinski definition) is 0. The van der Waals surface area contributed by atoms with E-state index in [0.717, 1.165) is 0 Å². The summed E-state index contributed by atoms with van der Waals surface area (Å²) in [7, 11) is 0. The third-order valence-corrected chi connectivity index (χ3v) is 3.74. The van der Waals surface area contributed by atoms with Crippen LogP contribution < -0.4 is 5.76 Å². The van der Waals surface area contributed by atoms with Gasteiger partial charge in [-0.25, -0.2) is 18.9 Å². The monoisotopic (exact) mass is 345 g/mol. The van der Waals surface area contributed by atoms with Gasteiger partial charge in [0.2, 0.25) is 0 Å². The van der Waals surface area contributed by atoms with Gasteiger partial charge in [0.1, 0.15) is 11.5 Å². The molecule has 0 N–H and O–H groups in total. The second-order valence-electron chi connectivity index (χ2n) is 5.03. The van der Waals surface area contributed by atoms with Crippen molar-refractivity contribution < 1.29 is 8.81 Å². The van der Waals surface area contributed by atoms with Crippen molar-refractivity contribution in [2.75, 3.05) is 0 Å². The van der Waals surface area contributed by atoms with Crippen molar-refractivity contribution in [3.05, 3.63) is 69.8 Å². The Labute approximate surface area is 138 Å². The number of oxazole rings is 1. The van der Waals surface area contributed by atoms with Gasteiger partial charge >= 0.3 is 5.76 Å². The van der Waals surface area contributed by atoms with Gasteiger partial charge in [-0.15, -0.1) is 5.10 Å². The molecule has 120 valence electrons. The van der Waals surface area contributed by atoms with E-state index in [1.54, 1.807) is 24.5 Å². The Kier molecular flexibility index (Phi) is 3.39. The van der Waals surface area contributed by atoms with Crippen LogP contribution in [0.2, 0.25) is 5.02 Å². The van der Waals surface area contributed by atoms with Crippen LogP contribution in [-0.2, 0) is 6.54 Å². The lowest BCUT2D eigenvalue weighted by atomic mass is 10.3. The molecular weight excluding hydrogens is 337 g/mol. The minimum atomic E-state index is -0.525. The highest BCUT2D eigenvalue weighted by Gasteiger charge is 2.13. The van der Waals surface area contributed by atoms with Gasteiger partial charge in [0.25, 0.3) is 0 Å². The van der Waals surface area contributed by atoms with E-state index in [9.17, 15) is 9.18 Å². The molecule has 0 aliphatic rings. The number of pyridine rings is 1. The highest BCUT2D eigenvalue weighted by atomic mass is 35.5. The summed E-state index contributed by atoms with van der Waals surface area (Å²) in [6, 6.07) is 7.57. The van der Waals surface area contributed by atoms with Crippen LogP contribution in [0.3, 0.4) is 0 Å². The molecule has 0 spiro atoms. The van der Waals surface area contributed by atoms with Crippen LogP contribution in [0.25, 0.3) is 16.9 Å². The molecule has 0 amide bonds. The summed E-state index contributed by atoms with van der Waals surface area (Å²) in [4.78, 5) is 16.1. The number of rotatable bonds is 3. The first-order valence-electron chi connectivity index (χ1n) is 6.93. The summed E-state index contributed by atoms with van der Waals surface area (Å²) in [6.07, 6.45) is 3.20. The van der Waals surface area contributed by atoms with Crippen molar-refractivity contribution in [3.8, 4) is 5.69 Å². The predicted octanol–water partition coefficient (Wildman–Crippen LogP) is 2.41. The summed E-state index contributed by atoms with van der Waals surface area (Å²) in [6.45, 7) is 0.151. The summed E-state index contributed by atoms with van der Waals surface area (Å²) in [5.41, 5.74) is 1.91. The van der Waals surface area contributed by atoms with Crippen molar-refractivity contribution in [2.24, 2.45) is 0 Å². The van der Waals surface area contributed by atoms with Gasteiger partial charge in [-0.1, -0.05) is 16.8 Å². The molecule has 7 nitrogen and oxygen atoms in total. The Balaban J connectivity index is 1.69. The van der Waals surface area contributed by atoms with Crippen LogP contribution in [0.5, 0.6) is 0 Å². The van der Waals surface area contributed by atoms with Gasteiger partial charge in [-0.3, -0.25) is 4.57 Å². The van der Waals surface area contributed by atoms with Gasteiger partial charge in [-0.05, 0) is 30.3 Å². The van der Waals surface area contributed by atoms with Crippen LogP contribution in [0.4, 0.5) is 4.39 Å². The summed E-state index contributed by atoms with van der Waals surface area (Å²) < 4.78 is 21.2. The fourth-order valence-corrected chi connectivity index (χ4v) is 2.50. The quantitative estimate of drug-likeness (QED) is 0.569. The molecular formula is C15H9ClFN5O2. The molecule has 0 radical (unpaired) electrons. The third-order valence-electron chi connectivity index (χ3n) is 3.45. The Morgan fingerprint density at radius 2 is 2.17 bits per heavy atom. The molecule has 3 aromatic heterocycles. The first-order chi connectivity index (χ1) is 11.6. The van der Waals surface area contributed by atoms with Crippen LogP contribution in [0.15, 0.2) is 51.9 Å². The van der Waals surface area contributed by atoms with Crippen molar-refractivity contribution in [2.45, 2.75) is 6.54 Å². The van der Waals surface area contributed by atoms with Crippen molar-refractivity contribution >= 4 is 22.8 Å². The van der Waals surface area contributed by atoms with Crippen molar-refractivity contribution in [1.29, 1.82) is 0 Å². The van der Waals surface area contributed by atoms with E-state index in [0.29, 0.717) is 22.6 Å². The van der Waals surface area contributed by atoms with E-state index >= 15 is 0 Å². The second kappa shape index (κ2) is 5.57. The van der Waals surface area contributed by atoms with Crippen molar-refractivity contribution in [1.82, 2.24) is 24.5 Å². The molecule has 0 aliphatic carbocycles. The summed E-state index contributed by atoms with van der Waals surface area (Å²) in [5.74, 6) is -1.04. The SMILES string of the molecule is O=c1oc2cccnc2n1Cc1cn(-c2ccc(F)c(Cl)c2)nn1. The zero-order chi connectivity index (χ0) is 16.7. The van der Waals surface area contributed by atoms with E-state index in [-0.39, 0.29) is 11.6 Å². The molecule has 24 heavy (non-hydrogen) atoms. The maximum absolute atomic E-state index is 13.2. The third kappa shape index (κ3) is 2.46. The largest absolute Gasteiger partial charge is 0.421 e. The lowest BCUT2D eigenvalue weighted by Gasteiger charge is -2.01. The highest BCUT2D eigenvalue weighted by molar-refractivity contribution is 6.30. The molecule has 9 heteroatoms. The molecule has 0 aliphatic heterocycles. The number of halogens is 2. The lowest BCUT2D eigenvalue weighted by molar-refractivity contribution is 0.515. The fraction of sp³-hybridized carbons (Fsp3) is 0.0667. The van der Waals surface area contributed by atoms with Gasteiger partial charge in [0, 0.05) is 6.20 Å². The Hall–Kier alpha value is -3.00. The number of nitrogens with zero attached hydrogens (tertiary/aromatic N) is 5. The molecule has 0 fully saturated rings. The number of aromatic nitrogens is 5. The first-order valence-corrected chi connectivity index (χ1v) is 7.30. The molecule has 0 saturated carbocycles. The summed E-state index contributed by atoms with van der Waals surface area (Å²) >= 11 is 5.77. The number of hydrogen-bond acceptors (Lipinski definition) is 5. The summed E-state index contributed by atoms with van der Waals surface area (Å²) in [5, 5.41) is 7.97. The van der Waals surface area contributed by atoms with Gasteiger partial charge in [0.15, 0.2) is 11.2 Å². The smallest absolute Gasteiger partial charge is 0.406 e. The van der Waals surface area contributed by atoms with Crippen LogP contribution in [0.1, 0.15) is 5.69 Å². The Morgan fingerprint density at radius 1 is 1.29 bits per heavy atom. The number of benzene rings is 1. The standard InChI is InChI=1S/C15H9ClFN5O2/c16-11-6-10(3-4-12(11)17)22-8-9(19-20-22)7-21-14-13(24-15(21)23)2-1-5-18-14/h1-6,8H,7H2. The molecule has 1 aromatic carbocycles.